The molecule has 0 bridgehead atoms. The van der Waals surface area contributed by atoms with Crippen LogP contribution in [0.4, 0.5) is 43.9 Å². The molecule has 0 heterocycles. The second-order valence-corrected chi connectivity index (χ2v) is 7.98. The highest BCUT2D eigenvalue weighted by molar-refractivity contribution is 8.13. The first-order valence-electron chi connectivity index (χ1n) is 6.08. The van der Waals surface area contributed by atoms with Crippen LogP contribution in [0.3, 0.4) is 0 Å². The zero-order valence-electron chi connectivity index (χ0n) is 11.5. The summed E-state index contributed by atoms with van der Waals surface area (Å²) in [6, 6.07) is 0. The van der Waals surface area contributed by atoms with E-state index in [4.69, 9.17) is 10.7 Å². The van der Waals surface area contributed by atoms with Gasteiger partial charge in [-0.3, -0.25) is 0 Å². The van der Waals surface area contributed by atoms with Crippen molar-refractivity contribution >= 4 is 19.7 Å². The summed E-state index contributed by atoms with van der Waals surface area (Å²) in [6.45, 7) is 0. The van der Waals surface area contributed by atoms with E-state index >= 15 is 0 Å². The zero-order valence-corrected chi connectivity index (χ0v) is 13.1. The lowest BCUT2D eigenvalue weighted by molar-refractivity contribution is -0.284. The molecule has 0 amide bonds. The van der Waals surface area contributed by atoms with E-state index in [2.05, 4.69) is 0 Å². The van der Waals surface area contributed by atoms with Crippen LogP contribution in [0.25, 0.3) is 0 Å². The van der Waals surface area contributed by atoms with E-state index in [1.807, 2.05) is 0 Å². The van der Waals surface area contributed by atoms with Crippen molar-refractivity contribution in [2.75, 3.05) is 5.75 Å². The van der Waals surface area contributed by atoms with Crippen LogP contribution in [0.5, 0.6) is 0 Å². The molecule has 0 spiro atoms. The number of hydrogen-bond donors (Lipinski definition) is 0. The number of alkyl halides is 10. The van der Waals surface area contributed by atoms with Crippen LogP contribution in [-0.4, -0.2) is 38.4 Å². The summed E-state index contributed by atoms with van der Waals surface area (Å²) >= 11 is 0. The molecule has 0 aromatic heterocycles. The molecule has 0 aromatic carbocycles. The fourth-order valence-electron chi connectivity index (χ4n) is 1.88. The van der Waals surface area contributed by atoms with Crippen molar-refractivity contribution in [2.45, 2.75) is 49.9 Å². The van der Waals surface area contributed by atoms with Crippen molar-refractivity contribution in [1.82, 2.24) is 0 Å². The van der Waals surface area contributed by atoms with E-state index in [1.165, 1.54) is 0 Å². The standard InChI is InChI=1S/C10H11ClF10O2S/c11-24(22,23)3-1-2-6(9(16,17)18)4-7(12,10(19,20)21)5-8(13,14)15/h6H,1-5H2. The molecule has 0 saturated heterocycles. The second-order valence-electron chi connectivity index (χ2n) is 5.08. The lowest BCUT2D eigenvalue weighted by Crippen LogP contribution is -2.47. The van der Waals surface area contributed by atoms with Gasteiger partial charge in [0, 0.05) is 17.1 Å². The first-order valence-corrected chi connectivity index (χ1v) is 8.56. The maximum Gasteiger partial charge on any atom is 0.422 e. The maximum atomic E-state index is 13.7. The highest BCUT2D eigenvalue weighted by atomic mass is 35.7. The minimum Gasteiger partial charge on any atom is -0.233 e. The highest BCUT2D eigenvalue weighted by Gasteiger charge is 2.63. The minimum absolute atomic E-state index is 0.893. The Bertz CT molecular complexity index is 509. The summed E-state index contributed by atoms with van der Waals surface area (Å²) in [5.74, 6) is -4.17. The monoisotopic (exact) mass is 420 g/mol. The van der Waals surface area contributed by atoms with Gasteiger partial charge in [-0.15, -0.1) is 0 Å². The van der Waals surface area contributed by atoms with E-state index in [9.17, 15) is 52.3 Å². The number of halogens is 11. The molecule has 0 aromatic rings. The quantitative estimate of drug-likeness (QED) is 0.423. The Hall–Kier alpha value is -0.460. The minimum atomic E-state index is -6.19. The summed E-state index contributed by atoms with van der Waals surface area (Å²) < 4.78 is 147. The van der Waals surface area contributed by atoms with Crippen molar-refractivity contribution in [1.29, 1.82) is 0 Å². The zero-order chi connectivity index (χ0) is 19.6. The first-order chi connectivity index (χ1) is 10.3. The topological polar surface area (TPSA) is 34.1 Å². The van der Waals surface area contributed by atoms with Crippen LogP contribution in [0, 0.1) is 5.92 Å². The predicted octanol–water partition coefficient (Wildman–Crippen LogP) is 5.13. The molecular formula is C10H11ClF10O2S. The second kappa shape index (κ2) is 7.42. The van der Waals surface area contributed by atoms with Crippen LogP contribution in [0.1, 0.15) is 25.7 Å². The Balaban J connectivity index is 5.39. The third kappa shape index (κ3) is 8.58. The Morgan fingerprint density at radius 1 is 0.875 bits per heavy atom. The predicted molar refractivity (Wildman–Crippen MR) is 63.6 cm³/mol. The van der Waals surface area contributed by atoms with Gasteiger partial charge in [0.1, 0.15) is 0 Å². The van der Waals surface area contributed by atoms with Gasteiger partial charge >= 0.3 is 18.5 Å². The molecule has 0 N–H and O–H groups in total. The molecule has 0 radical (unpaired) electrons. The SMILES string of the molecule is O=S(=O)(Cl)CCCC(CC(F)(CC(F)(F)F)C(F)(F)F)C(F)(F)F. The van der Waals surface area contributed by atoms with Gasteiger partial charge in [-0.25, -0.2) is 12.8 Å². The van der Waals surface area contributed by atoms with Crippen LogP contribution < -0.4 is 0 Å². The van der Waals surface area contributed by atoms with Gasteiger partial charge in [0.25, 0.3) is 0 Å². The fourth-order valence-corrected chi connectivity index (χ4v) is 2.72. The van der Waals surface area contributed by atoms with Gasteiger partial charge in [0.05, 0.1) is 18.1 Å². The van der Waals surface area contributed by atoms with Crippen molar-refractivity contribution in [3.05, 3.63) is 0 Å². The van der Waals surface area contributed by atoms with Crippen molar-refractivity contribution in [2.24, 2.45) is 5.92 Å². The lowest BCUT2D eigenvalue weighted by Gasteiger charge is -2.33. The molecule has 24 heavy (non-hydrogen) atoms. The molecule has 146 valence electrons. The molecule has 2 nitrogen and oxygen atoms in total. The van der Waals surface area contributed by atoms with E-state index in [0.717, 1.165) is 0 Å². The summed E-state index contributed by atoms with van der Waals surface area (Å²) in [7, 11) is 0.455. The molecule has 2 unspecified atom stereocenters. The van der Waals surface area contributed by atoms with E-state index < -0.39 is 70.6 Å². The average molecular weight is 421 g/mol. The van der Waals surface area contributed by atoms with Crippen LogP contribution in [0.2, 0.25) is 0 Å². The molecule has 0 aliphatic carbocycles. The van der Waals surface area contributed by atoms with Crippen LogP contribution in [0.15, 0.2) is 0 Å². The Labute approximate surface area is 134 Å². The summed E-state index contributed by atoms with van der Waals surface area (Å²) in [5.41, 5.74) is -5.15. The molecule has 0 aliphatic heterocycles. The smallest absolute Gasteiger partial charge is 0.233 e. The number of hydrogen-bond acceptors (Lipinski definition) is 2. The van der Waals surface area contributed by atoms with E-state index in [-0.39, 0.29) is 0 Å². The third-order valence-electron chi connectivity index (χ3n) is 2.96. The van der Waals surface area contributed by atoms with Crippen molar-refractivity contribution in [3.8, 4) is 0 Å². The molecule has 0 aliphatic rings. The van der Waals surface area contributed by atoms with Gasteiger partial charge in [0.15, 0.2) is 0 Å². The fraction of sp³-hybridized carbons (Fsp3) is 1.00. The summed E-state index contributed by atoms with van der Waals surface area (Å²) in [6.07, 6.45) is -25.2. The third-order valence-corrected chi connectivity index (χ3v) is 4.20. The van der Waals surface area contributed by atoms with E-state index in [0.29, 0.717) is 0 Å². The average Bonchev–Trinajstić information content (AvgIpc) is 2.20. The Kier molecular flexibility index (Phi) is 7.28. The molecule has 0 rings (SSSR count). The van der Waals surface area contributed by atoms with Crippen LogP contribution in [-0.2, 0) is 9.05 Å². The van der Waals surface area contributed by atoms with Gasteiger partial charge in [0.2, 0.25) is 14.7 Å². The van der Waals surface area contributed by atoms with Gasteiger partial charge in [-0.05, 0) is 12.8 Å². The highest BCUT2D eigenvalue weighted by Crippen LogP contribution is 2.49. The van der Waals surface area contributed by atoms with Crippen molar-refractivity contribution in [3.63, 3.8) is 0 Å². The first kappa shape index (κ1) is 23.5. The van der Waals surface area contributed by atoms with Gasteiger partial charge in [-0.2, -0.15) is 39.5 Å². The molecular weight excluding hydrogens is 410 g/mol. The molecule has 14 heteroatoms. The number of rotatable bonds is 7. The lowest BCUT2D eigenvalue weighted by atomic mass is 9.85. The molecule has 0 fully saturated rings. The normalized spacial score (nSPS) is 18.3. The Morgan fingerprint density at radius 2 is 1.33 bits per heavy atom. The molecule has 0 saturated carbocycles. The van der Waals surface area contributed by atoms with Crippen LogP contribution >= 0.6 is 10.7 Å². The summed E-state index contributed by atoms with van der Waals surface area (Å²) in [4.78, 5) is 0. The summed E-state index contributed by atoms with van der Waals surface area (Å²) in [5, 5.41) is 0. The van der Waals surface area contributed by atoms with E-state index in [1.54, 1.807) is 0 Å². The van der Waals surface area contributed by atoms with Crippen molar-refractivity contribution < 1.29 is 52.3 Å². The maximum absolute atomic E-state index is 13.7. The largest absolute Gasteiger partial charge is 0.422 e. The van der Waals surface area contributed by atoms with Gasteiger partial charge in [-0.1, -0.05) is 0 Å². The Morgan fingerprint density at radius 3 is 1.62 bits per heavy atom. The van der Waals surface area contributed by atoms with Gasteiger partial charge < -0.3 is 0 Å². The molecule has 2 atom stereocenters.